The highest BCUT2D eigenvalue weighted by molar-refractivity contribution is 7.91. The van der Waals surface area contributed by atoms with Gasteiger partial charge in [0.1, 0.15) is 4.21 Å². The van der Waals surface area contributed by atoms with E-state index in [1.807, 2.05) is 0 Å². The number of unbranched alkanes of at least 4 members (excludes halogenated alkanes) is 3. The molecule has 1 aliphatic rings. The summed E-state index contributed by atoms with van der Waals surface area (Å²) in [5.41, 5.74) is 0. The summed E-state index contributed by atoms with van der Waals surface area (Å²) >= 11 is 1.25. The van der Waals surface area contributed by atoms with Crippen LogP contribution in [-0.2, 0) is 14.8 Å². The lowest BCUT2D eigenvalue weighted by Gasteiger charge is -2.30. The quantitative estimate of drug-likeness (QED) is 0.612. The van der Waals surface area contributed by atoms with Crippen molar-refractivity contribution in [3.63, 3.8) is 0 Å². The second-order valence-corrected chi connectivity index (χ2v) is 9.29. The standard InChI is InChI=1S/C16H27N3O3S2/c1-2-3-4-5-8-17-15(20)14-18-9-11-19(12-10-18)24(21,22)16-7-6-13-23-16/h6-7,13H,2-5,8-12,14H2,1H3,(H,17,20)/p+1. The minimum atomic E-state index is -3.36. The van der Waals surface area contributed by atoms with Crippen molar-refractivity contribution in [1.29, 1.82) is 0 Å². The van der Waals surface area contributed by atoms with Crippen molar-refractivity contribution >= 4 is 27.3 Å². The summed E-state index contributed by atoms with van der Waals surface area (Å²) in [6.07, 6.45) is 4.59. The van der Waals surface area contributed by atoms with Crippen LogP contribution in [0.3, 0.4) is 0 Å². The SMILES string of the molecule is CCCCCCNC(=O)C[NH+]1CCN(S(=O)(=O)c2cccs2)CC1. The van der Waals surface area contributed by atoms with E-state index >= 15 is 0 Å². The largest absolute Gasteiger partial charge is 0.351 e. The van der Waals surface area contributed by atoms with Crippen LogP contribution in [0.15, 0.2) is 21.7 Å². The number of nitrogens with one attached hydrogen (secondary N) is 2. The highest BCUT2D eigenvalue weighted by Gasteiger charge is 2.31. The number of carbonyl (C=O) groups is 1. The Morgan fingerprint density at radius 1 is 1.29 bits per heavy atom. The summed E-state index contributed by atoms with van der Waals surface area (Å²) in [5.74, 6) is 0.0658. The van der Waals surface area contributed by atoms with Crippen molar-refractivity contribution in [2.24, 2.45) is 0 Å². The summed E-state index contributed by atoms with van der Waals surface area (Å²) in [7, 11) is -3.36. The number of carbonyl (C=O) groups excluding carboxylic acids is 1. The van der Waals surface area contributed by atoms with Crippen LogP contribution in [0.1, 0.15) is 32.6 Å². The van der Waals surface area contributed by atoms with Gasteiger partial charge in [0.25, 0.3) is 15.9 Å². The van der Waals surface area contributed by atoms with E-state index in [2.05, 4.69) is 12.2 Å². The summed E-state index contributed by atoms with van der Waals surface area (Å²) in [6, 6.07) is 3.40. The molecule has 0 aliphatic carbocycles. The third-order valence-electron chi connectivity index (χ3n) is 4.28. The molecule has 136 valence electrons. The molecule has 1 aromatic heterocycles. The smallest absolute Gasteiger partial charge is 0.275 e. The van der Waals surface area contributed by atoms with Crippen molar-refractivity contribution in [3.8, 4) is 0 Å². The van der Waals surface area contributed by atoms with Crippen molar-refractivity contribution in [3.05, 3.63) is 17.5 Å². The number of hydrogen-bond acceptors (Lipinski definition) is 4. The average Bonchev–Trinajstić information content (AvgIpc) is 3.10. The van der Waals surface area contributed by atoms with E-state index in [0.717, 1.165) is 24.3 Å². The maximum atomic E-state index is 12.5. The molecule has 0 spiro atoms. The molecule has 2 N–H and O–H groups in total. The van der Waals surface area contributed by atoms with Crippen molar-refractivity contribution < 1.29 is 18.1 Å². The minimum absolute atomic E-state index is 0.0658. The highest BCUT2D eigenvalue weighted by atomic mass is 32.2. The summed E-state index contributed by atoms with van der Waals surface area (Å²) in [6.45, 7) is 5.63. The van der Waals surface area contributed by atoms with E-state index in [4.69, 9.17) is 0 Å². The minimum Gasteiger partial charge on any atom is -0.351 e. The first kappa shape index (κ1) is 19.4. The summed E-state index contributed by atoms with van der Waals surface area (Å²) in [4.78, 5) is 13.1. The molecule has 2 heterocycles. The number of sulfonamides is 1. The molecule has 0 saturated carbocycles. The van der Waals surface area contributed by atoms with E-state index in [0.29, 0.717) is 36.9 Å². The Labute approximate surface area is 148 Å². The Bertz CT molecular complexity index is 594. The molecule has 0 radical (unpaired) electrons. The van der Waals surface area contributed by atoms with Gasteiger partial charge in [0.2, 0.25) is 0 Å². The van der Waals surface area contributed by atoms with Crippen LogP contribution in [0.2, 0.25) is 0 Å². The average molecular weight is 375 g/mol. The van der Waals surface area contributed by atoms with E-state index in [1.54, 1.807) is 17.5 Å². The van der Waals surface area contributed by atoms with Crippen LogP contribution >= 0.6 is 11.3 Å². The molecule has 1 aliphatic heterocycles. The highest BCUT2D eigenvalue weighted by Crippen LogP contribution is 2.20. The molecular formula is C16H28N3O3S2+. The van der Waals surface area contributed by atoms with Gasteiger partial charge < -0.3 is 10.2 Å². The summed E-state index contributed by atoms with van der Waals surface area (Å²) < 4.78 is 26.8. The van der Waals surface area contributed by atoms with Crippen molar-refractivity contribution in [2.75, 3.05) is 39.3 Å². The second-order valence-electron chi connectivity index (χ2n) is 6.17. The lowest BCUT2D eigenvalue weighted by molar-refractivity contribution is -0.895. The van der Waals surface area contributed by atoms with Gasteiger partial charge in [0.05, 0.1) is 26.2 Å². The Kier molecular flexibility index (Phi) is 7.67. The Morgan fingerprint density at radius 3 is 2.67 bits per heavy atom. The van der Waals surface area contributed by atoms with Crippen LogP contribution < -0.4 is 10.2 Å². The normalized spacial score (nSPS) is 17.0. The van der Waals surface area contributed by atoms with Gasteiger partial charge >= 0.3 is 0 Å². The first-order chi connectivity index (χ1) is 11.5. The number of rotatable bonds is 9. The van der Waals surface area contributed by atoms with Crippen LogP contribution in [-0.4, -0.2) is 57.9 Å². The molecule has 0 bridgehead atoms. The van der Waals surface area contributed by atoms with E-state index in [1.165, 1.54) is 28.5 Å². The van der Waals surface area contributed by atoms with E-state index in [9.17, 15) is 13.2 Å². The number of quaternary nitrogens is 1. The fourth-order valence-electron chi connectivity index (χ4n) is 2.83. The lowest BCUT2D eigenvalue weighted by atomic mass is 10.2. The zero-order valence-corrected chi connectivity index (χ0v) is 15.9. The monoisotopic (exact) mass is 374 g/mol. The number of thiophene rings is 1. The van der Waals surface area contributed by atoms with Gasteiger partial charge in [-0.25, -0.2) is 8.42 Å². The number of hydrogen-bond donors (Lipinski definition) is 2. The molecule has 1 aromatic rings. The third-order valence-corrected chi connectivity index (χ3v) is 7.55. The molecular weight excluding hydrogens is 346 g/mol. The van der Waals surface area contributed by atoms with E-state index in [-0.39, 0.29) is 5.91 Å². The molecule has 2 rings (SSSR count). The van der Waals surface area contributed by atoms with E-state index < -0.39 is 10.0 Å². The zero-order valence-electron chi connectivity index (χ0n) is 14.3. The number of piperazine rings is 1. The van der Waals surface area contributed by atoms with Gasteiger partial charge in [-0.3, -0.25) is 4.79 Å². The fraction of sp³-hybridized carbons (Fsp3) is 0.688. The van der Waals surface area contributed by atoms with Crippen LogP contribution in [0, 0.1) is 0 Å². The predicted octanol–water partition coefficient (Wildman–Crippen LogP) is 0.334. The summed E-state index contributed by atoms with van der Waals surface area (Å²) in [5, 5.41) is 4.74. The fourth-order valence-corrected chi connectivity index (χ4v) is 5.41. The van der Waals surface area contributed by atoms with Gasteiger partial charge in [-0.2, -0.15) is 4.31 Å². The Hall–Kier alpha value is -0.960. The maximum Gasteiger partial charge on any atom is 0.275 e. The topological polar surface area (TPSA) is 70.9 Å². The maximum absolute atomic E-state index is 12.5. The number of amides is 1. The molecule has 0 unspecified atom stereocenters. The van der Waals surface area contributed by atoms with Crippen LogP contribution in [0.25, 0.3) is 0 Å². The molecule has 24 heavy (non-hydrogen) atoms. The zero-order chi connectivity index (χ0) is 17.4. The predicted molar refractivity (Wildman–Crippen MR) is 95.8 cm³/mol. The van der Waals surface area contributed by atoms with Crippen molar-refractivity contribution in [1.82, 2.24) is 9.62 Å². The van der Waals surface area contributed by atoms with Gasteiger partial charge in [-0.15, -0.1) is 11.3 Å². The van der Waals surface area contributed by atoms with Gasteiger partial charge in [0, 0.05) is 6.54 Å². The Balaban J connectivity index is 1.70. The van der Waals surface area contributed by atoms with Crippen LogP contribution in [0.5, 0.6) is 0 Å². The number of nitrogens with zero attached hydrogens (tertiary/aromatic N) is 1. The van der Waals surface area contributed by atoms with Gasteiger partial charge in [0.15, 0.2) is 6.54 Å². The van der Waals surface area contributed by atoms with Gasteiger partial charge in [-0.1, -0.05) is 32.3 Å². The molecule has 0 aromatic carbocycles. The molecule has 1 saturated heterocycles. The second kappa shape index (κ2) is 9.50. The first-order valence-corrected chi connectivity index (χ1v) is 11.0. The first-order valence-electron chi connectivity index (χ1n) is 8.68. The van der Waals surface area contributed by atoms with Crippen molar-refractivity contribution in [2.45, 2.75) is 36.8 Å². The molecule has 6 nitrogen and oxygen atoms in total. The van der Waals surface area contributed by atoms with Crippen LogP contribution in [0.4, 0.5) is 0 Å². The van der Waals surface area contributed by atoms with Gasteiger partial charge in [-0.05, 0) is 17.9 Å². The lowest BCUT2D eigenvalue weighted by Crippen LogP contribution is -3.15. The molecule has 8 heteroatoms. The Morgan fingerprint density at radius 2 is 2.04 bits per heavy atom. The molecule has 0 atom stereocenters. The third kappa shape index (κ3) is 5.54. The molecule has 1 amide bonds. The molecule has 1 fully saturated rings.